The molecule has 0 spiro atoms. The lowest BCUT2D eigenvalue weighted by atomic mass is 10.2. The minimum Gasteiger partial charge on any atom is -0.382 e. The van der Waals surface area contributed by atoms with Gasteiger partial charge in [-0.15, -0.1) is 0 Å². The fourth-order valence-electron chi connectivity index (χ4n) is 1.80. The van der Waals surface area contributed by atoms with Gasteiger partial charge in [-0.25, -0.2) is 4.39 Å². The normalized spacial score (nSPS) is 10.4. The van der Waals surface area contributed by atoms with Crippen molar-refractivity contribution >= 4 is 11.7 Å². The van der Waals surface area contributed by atoms with E-state index < -0.39 is 0 Å². The van der Waals surface area contributed by atoms with Gasteiger partial charge in [-0.2, -0.15) is 5.10 Å². The monoisotopic (exact) mass is 262 g/mol. The third-order valence-electron chi connectivity index (χ3n) is 2.76. The number of halogens is 1. The van der Waals surface area contributed by atoms with Gasteiger partial charge in [0.25, 0.3) is 5.91 Å². The maximum absolute atomic E-state index is 13.1. The second-order valence-electron chi connectivity index (χ2n) is 4.16. The standard InChI is InChI=1S/C13H15FN4O/c1-2-18(8-9-4-3-5-10(14)6-9)13(19)11-7-12(15)17-16-11/h3-7H,2,8H2,1H3,(H3,15,16,17). The van der Waals surface area contributed by atoms with E-state index >= 15 is 0 Å². The Balaban J connectivity index is 2.14. The zero-order valence-corrected chi connectivity index (χ0v) is 10.6. The second kappa shape index (κ2) is 5.51. The summed E-state index contributed by atoms with van der Waals surface area (Å²) in [7, 11) is 0. The molecule has 5 nitrogen and oxygen atoms in total. The van der Waals surface area contributed by atoms with Crippen LogP contribution in [0.5, 0.6) is 0 Å². The molecule has 1 amide bonds. The minimum atomic E-state index is -0.313. The minimum absolute atomic E-state index is 0.212. The summed E-state index contributed by atoms with van der Waals surface area (Å²) in [6, 6.07) is 7.67. The fourth-order valence-corrected chi connectivity index (χ4v) is 1.80. The van der Waals surface area contributed by atoms with Crippen molar-refractivity contribution in [2.45, 2.75) is 13.5 Å². The largest absolute Gasteiger partial charge is 0.382 e. The van der Waals surface area contributed by atoms with Gasteiger partial charge in [0, 0.05) is 19.2 Å². The Bertz CT molecular complexity index is 582. The Labute approximate surface area is 110 Å². The second-order valence-corrected chi connectivity index (χ2v) is 4.16. The van der Waals surface area contributed by atoms with Gasteiger partial charge >= 0.3 is 0 Å². The van der Waals surface area contributed by atoms with Crippen LogP contribution in [-0.4, -0.2) is 27.5 Å². The predicted molar refractivity (Wildman–Crippen MR) is 69.8 cm³/mol. The average Bonchev–Trinajstić information content (AvgIpc) is 2.82. The van der Waals surface area contributed by atoms with E-state index in [-0.39, 0.29) is 17.5 Å². The summed E-state index contributed by atoms with van der Waals surface area (Å²) >= 11 is 0. The molecular weight excluding hydrogens is 247 g/mol. The molecule has 0 fully saturated rings. The Kier molecular flexibility index (Phi) is 3.79. The molecule has 0 saturated heterocycles. The van der Waals surface area contributed by atoms with E-state index in [1.165, 1.54) is 18.2 Å². The highest BCUT2D eigenvalue weighted by Gasteiger charge is 2.16. The molecule has 0 aliphatic rings. The maximum atomic E-state index is 13.1. The molecule has 100 valence electrons. The van der Waals surface area contributed by atoms with Crippen molar-refractivity contribution in [3.63, 3.8) is 0 Å². The number of nitrogens with one attached hydrogen (secondary N) is 1. The van der Waals surface area contributed by atoms with E-state index in [1.807, 2.05) is 6.92 Å². The van der Waals surface area contributed by atoms with Gasteiger partial charge in [0.15, 0.2) is 0 Å². The molecule has 0 aliphatic carbocycles. The first-order valence-corrected chi connectivity index (χ1v) is 5.94. The summed E-state index contributed by atoms with van der Waals surface area (Å²) in [5, 5.41) is 6.30. The number of nitrogens with zero attached hydrogens (tertiary/aromatic N) is 2. The highest BCUT2D eigenvalue weighted by atomic mass is 19.1. The number of nitrogen functional groups attached to an aromatic ring is 1. The first-order valence-electron chi connectivity index (χ1n) is 5.94. The van der Waals surface area contributed by atoms with Crippen molar-refractivity contribution < 1.29 is 9.18 Å². The quantitative estimate of drug-likeness (QED) is 0.882. The van der Waals surface area contributed by atoms with Gasteiger partial charge in [0.2, 0.25) is 0 Å². The van der Waals surface area contributed by atoms with Crippen molar-refractivity contribution in [1.82, 2.24) is 15.1 Å². The number of H-pyrrole nitrogens is 1. The van der Waals surface area contributed by atoms with Crippen LogP contribution < -0.4 is 5.73 Å². The van der Waals surface area contributed by atoms with Crippen molar-refractivity contribution in [1.29, 1.82) is 0 Å². The number of aromatic nitrogens is 2. The molecule has 0 saturated carbocycles. The first kappa shape index (κ1) is 13.1. The van der Waals surface area contributed by atoms with E-state index in [4.69, 9.17) is 5.73 Å². The van der Waals surface area contributed by atoms with E-state index in [9.17, 15) is 9.18 Å². The highest BCUT2D eigenvalue weighted by molar-refractivity contribution is 5.92. The van der Waals surface area contributed by atoms with Crippen LogP contribution >= 0.6 is 0 Å². The predicted octanol–water partition coefficient (Wildman–Crippen LogP) is 1.79. The molecule has 6 heteroatoms. The van der Waals surface area contributed by atoms with Crippen LogP contribution in [0.1, 0.15) is 23.0 Å². The number of hydrogen-bond acceptors (Lipinski definition) is 3. The van der Waals surface area contributed by atoms with Crippen LogP contribution in [0.15, 0.2) is 30.3 Å². The van der Waals surface area contributed by atoms with Crippen LogP contribution in [0.3, 0.4) is 0 Å². The molecule has 3 N–H and O–H groups in total. The molecule has 1 aromatic heterocycles. The average molecular weight is 262 g/mol. The molecule has 0 aliphatic heterocycles. The number of carbonyl (C=O) groups is 1. The molecule has 0 bridgehead atoms. The third kappa shape index (κ3) is 3.09. The maximum Gasteiger partial charge on any atom is 0.272 e. The van der Waals surface area contributed by atoms with Gasteiger partial charge < -0.3 is 10.6 Å². The highest BCUT2D eigenvalue weighted by Crippen LogP contribution is 2.11. The van der Waals surface area contributed by atoms with Crippen LogP contribution in [0.4, 0.5) is 10.2 Å². The van der Waals surface area contributed by atoms with Crippen molar-refractivity contribution in [2.24, 2.45) is 0 Å². The SMILES string of the molecule is CCN(Cc1cccc(F)c1)C(=O)c1cc(N)n[nH]1. The lowest BCUT2D eigenvalue weighted by Gasteiger charge is -2.20. The summed E-state index contributed by atoms with van der Waals surface area (Å²) in [6.45, 7) is 2.71. The summed E-state index contributed by atoms with van der Waals surface area (Å²) in [4.78, 5) is 13.8. The Morgan fingerprint density at radius 3 is 2.84 bits per heavy atom. The summed E-state index contributed by atoms with van der Waals surface area (Å²) < 4.78 is 13.1. The lowest BCUT2D eigenvalue weighted by Crippen LogP contribution is -2.30. The number of nitrogens with two attached hydrogens (primary N) is 1. The van der Waals surface area contributed by atoms with Crippen LogP contribution in [0.2, 0.25) is 0 Å². The van der Waals surface area contributed by atoms with Crippen LogP contribution in [0, 0.1) is 5.82 Å². The van der Waals surface area contributed by atoms with E-state index in [0.29, 0.717) is 18.8 Å². The Morgan fingerprint density at radius 1 is 1.47 bits per heavy atom. The molecule has 1 aromatic carbocycles. The van der Waals surface area contributed by atoms with Gasteiger partial charge in [-0.1, -0.05) is 12.1 Å². The molecular formula is C13H15FN4O. The van der Waals surface area contributed by atoms with Gasteiger partial charge in [-0.05, 0) is 24.6 Å². The molecule has 0 unspecified atom stereocenters. The topological polar surface area (TPSA) is 75.0 Å². The van der Waals surface area contributed by atoms with Crippen molar-refractivity contribution in [2.75, 3.05) is 12.3 Å². The number of aromatic amines is 1. The number of hydrogen-bond donors (Lipinski definition) is 2. The van der Waals surface area contributed by atoms with E-state index in [0.717, 1.165) is 5.56 Å². The Morgan fingerprint density at radius 2 is 2.26 bits per heavy atom. The fraction of sp³-hybridized carbons (Fsp3) is 0.231. The number of amides is 1. The van der Waals surface area contributed by atoms with Crippen LogP contribution in [0.25, 0.3) is 0 Å². The number of carbonyl (C=O) groups excluding carboxylic acids is 1. The zero-order valence-electron chi connectivity index (χ0n) is 10.6. The summed E-state index contributed by atoms with van der Waals surface area (Å²) in [5.74, 6) is -0.257. The van der Waals surface area contributed by atoms with Gasteiger partial charge in [-0.3, -0.25) is 9.89 Å². The smallest absolute Gasteiger partial charge is 0.272 e. The van der Waals surface area contributed by atoms with E-state index in [2.05, 4.69) is 10.2 Å². The molecule has 2 rings (SSSR count). The molecule has 2 aromatic rings. The lowest BCUT2D eigenvalue weighted by molar-refractivity contribution is 0.0746. The summed E-state index contributed by atoms with van der Waals surface area (Å²) in [5.41, 5.74) is 6.54. The third-order valence-corrected chi connectivity index (χ3v) is 2.76. The summed E-state index contributed by atoms with van der Waals surface area (Å²) in [6.07, 6.45) is 0. The Hall–Kier alpha value is -2.37. The molecule has 0 radical (unpaired) electrons. The van der Waals surface area contributed by atoms with Crippen LogP contribution in [-0.2, 0) is 6.54 Å². The van der Waals surface area contributed by atoms with Crippen molar-refractivity contribution in [3.05, 3.63) is 47.4 Å². The molecule has 19 heavy (non-hydrogen) atoms. The molecule has 1 heterocycles. The molecule has 0 atom stereocenters. The zero-order chi connectivity index (χ0) is 13.8. The number of benzene rings is 1. The van der Waals surface area contributed by atoms with Gasteiger partial charge in [0.1, 0.15) is 17.3 Å². The van der Waals surface area contributed by atoms with E-state index in [1.54, 1.807) is 17.0 Å². The number of anilines is 1. The van der Waals surface area contributed by atoms with Crippen molar-refractivity contribution in [3.8, 4) is 0 Å². The first-order chi connectivity index (χ1) is 9.10. The number of rotatable bonds is 4. The van der Waals surface area contributed by atoms with Gasteiger partial charge in [0.05, 0.1) is 0 Å².